The van der Waals surface area contributed by atoms with Crippen LogP contribution in [-0.2, 0) is 0 Å². The second-order valence-electron chi connectivity index (χ2n) is 5.78. The van der Waals surface area contributed by atoms with E-state index in [1.807, 2.05) is 19.1 Å². The average molecular weight is 237 g/mol. The van der Waals surface area contributed by atoms with Crippen LogP contribution in [0.4, 0.5) is 4.39 Å². The zero-order valence-corrected chi connectivity index (χ0v) is 11.6. The first-order chi connectivity index (χ1) is 7.86. The van der Waals surface area contributed by atoms with Crippen LogP contribution in [0.2, 0.25) is 0 Å². The van der Waals surface area contributed by atoms with Gasteiger partial charge in [0.15, 0.2) is 0 Å². The molecule has 1 atom stereocenters. The molecule has 17 heavy (non-hydrogen) atoms. The van der Waals surface area contributed by atoms with Gasteiger partial charge >= 0.3 is 0 Å². The summed E-state index contributed by atoms with van der Waals surface area (Å²) >= 11 is 0. The first-order valence-corrected chi connectivity index (χ1v) is 6.35. The Bertz CT molecular complexity index is 366. The molecule has 1 aromatic rings. The van der Waals surface area contributed by atoms with E-state index in [1.165, 1.54) is 0 Å². The molecule has 0 heterocycles. The minimum atomic E-state index is -0.112. The van der Waals surface area contributed by atoms with Crippen LogP contribution < -0.4 is 5.32 Å². The largest absolute Gasteiger partial charge is 0.309 e. The van der Waals surface area contributed by atoms with Crippen LogP contribution in [0.15, 0.2) is 18.2 Å². The number of nitrogens with one attached hydrogen (secondary N) is 1. The molecule has 0 saturated heterocycles. The number of hydrogen-bond donors (Lipinski definition) is 1. The lowest BCUT2D eigenvalue weighted by Gasteiger charge is -2.32. The smallest absolute Gasteiger partial charge is 0.128 e. The summed E-state index contributed by atoms with van der Waals surface area (Å²) in [6, 6.07) is 5.39. The maximum Gasteiger partial charge on any atom is 0.128 e. The van der Waals surface area contributed by atoms with Crippen LogP contribution in [0.25, 0.3) is 0 Å². The second-order valence-corrected chi connectivity index (χ2v) is 5.78. The Balaban J connectivity index is 3.08. The van der Waals surface area contributed by atoms with Gasteiger partial charge in [0.2, 0.25) is 0 Å². The van der Waals surface area contributed by atoms with E-state index in [-0.39, 0.29) is 17.3 Å². The SMILES string of the molecule is CCCNC(c1cc(C)ccc1F)C(C)(C)C. The lowest BCUT2D eigenvalue weighted by atomic mass is 9.81. The molecule has 1 rings (SSSR count). The van der Waals surface area contributed by atoms with Gasteiger partial charge < -0.3 is 5.32 Å². The summed E-state index contributed by atoms with van der Waals surface area (Å²) in [5.41, 5.74) is 1.89. The summed E-state index contributed by atoms with van der Waals surface area (Å²) in [4.78, 5) is 0. The lowest BCUT2D eigenvalue weighted by molar-refractivity contribution is 0.267. The molecule has 0 saturated carbocycles. The van der Waals surface area contributed by atoms with Crippen LogP contribution in [0.1, 0.15) is 51.3 Å². The summed E-state index contributed by atoms with van der Waals surface area (Å²) in [5.74, 6) is -0.112. The highest BCUT2D eigenvalue weighted by atomic mass is 19.1. The minimum absolute atomic E-state index is 0.00377. The molecule has 0 bridgehead atoms. The number of halogens is 1. The topological polar surface area (TPSA) is 12.0 Å². The molecular weight excluding hydrogens is 213 g/mol. The number of aryl methyl sites for hydroxylation is 1. The van der Waals surface area contributed by atoms with Crippen LogP contribution in [0, 0.1) is 18.2 Å². The fourth-order valence-corrected chi connectivity index (χ4v) is 2.06. The predicted octanol–water partition coefficient (Wildman–Crippen LogP) is 4.22. The van der Waals surface area contributed by atoms with Gasteiger partial charge in [-0.05, 0) is 31.4 Å². The van der Waals surface area contributed by atoms with E-state index >= 15 is 0 Å². The summed E-state index contributed by atoms with van der Waals surface area (Å²) in [6.45, 7) is 11.5. The van der Waals surface area contributed by atoms with Crippen molar-refractivity contribution in [2.45, 2.75) is 47.1 Å². The third-order valence-electron chi connectivity index (χ3n) is 2.93. The normalized spacial score (nSPS) is 13.8. The molecule has 96 valence electrons. The Morgan fingerprint density at radius 3 is 2.47 bits per heavy atom. The van der Waals surface area contributed by atoms with E-state index in [0.29, 0.717) is 0 Å². The van der Waals surface area contributed by atoms with Gasteiger partial charge in [0.25, 0.3) is 0 Å². The van der Waals surface area contributed by atoms with E-state index < -0.39 is 0 Å². The first-order valence-electron chi connectivity index (χ1n) is 6.35. The Kier molecular flexibility index (Phi) is 4.70. The van der Waals surface area contributed by atoms with Crippen molar-refractivity contribution in [2.75, 3.05) is 6.54 Å². The summed E-state index contributed by atoms with van der Waals surface area (Å²) in [5, 5.41) is 3.45. The van der Waals surface area contributed by atoms with E-state index in [1.54, 1.807) is 6.07 Å². The van der Waals surface area contributed by atoms with Gasteiger partial charge in [0.1, 0.15) is 5.82 Å². The molecule has 0 aliphatic rings. The van der Waals surface area contributed by atoms with Crippen LogP contribution in [0.5, 0.6) is 0 Å². The summed E-state index contributed by atoms with van der Waals surface area (Å²) in [6.07, 6.45) is 1.06. The van der Waals surface area contributed by atoms with E-state index in [4.69, 9.17) is 0 Å². The van der Waals surface area contributed by atoms with Crippen molar-refractivity contribution in [1.82, 2.24) is 5.32 Å². The van der Waals surface area contributed by atoms with Gasteiger partial charge in [-0.15, -0.1) is 0 Å². The van der Waals surface area contributed by atoms with Crippen molar-refractivity contribution in [1.29, 1.82) is 0 Å². The standard InChI is InChI=1S/C15H24FN/c1-6-9-17-14(15(3,4)5)12-10-11(2)7-8-13(12)16/h7-8,10,14,17H,6,9H2,1-5H3. The van der Waals surface area contributed by atoms with E-state index in [0.717, 1.165) is 24.1 Å². The zero-order valence-electron chi connectivity index (χ0n) is 11.6. The van der Waals surface area contributed by atoms with Crippen LogP contribution in [-0.4, -0.2) is 6.54 Å². The van der Waals surface area contributed by atoms with Gasteiger partial charge in [0.05, 0.1) is 0 Å². The molecule has 0 spiro atoms. The predicted molar refractivity (Wildman–Crippen MR) is 71.6 cm³/mol. The maximum atomic E-state index is 13.9. The lowest BCUT2D eigenvalue weighted by Crippen LogP contribution is -2.33. The van der Waals surface area contributed by atoms with Crippen LogP contribution in [0.3, 0.4) is 0 Å². The second kappa shape index (κ2) is 5.63. The molecule has 1 unspecified atom stereocenters. The highest BCUT2D eigenvalue weighted by Crippen LogP contribution is 2.34. The molecular formula is C15H24FN. The molecule has 1 N–H and O–H groups in total. The quantitative estimate of drug-likeness (QED) is 0.826. The van der Waals surface area contributed by atoms with Gasteiger partial charge in [-0.25, -0.2) is 4.39 Å². The van der Waals surface area contributed by atoms with Crippen molar-refractivity contribution in [3.05, 3.63) is 35.1 Å². The van der Waals surface area contributed by atoms with Crippen molar-refractivity contribution in [3.63, 3.8) is 0 Å². The Hall–Kier alpha value is -0.890. The molecule has 0 radical (unpaired) electrons. The third-order valence-corrected chi connectivity index (χ3v) is 2.93. The summed E-state index contributed by atoms with van der Waals surface area (Å²) < 4.78 is 13.9. The highest BCUT2D eigenvalue weighted by molar-refractivity contribution is 5.28. The molecule has 0 aliphatic heterocycles. The number of benzene rings is 1. The van der Waals surface area contributed by atoms with Crippen molar-refractivity contribution in [3.8, 4) is 0 Å². The maximum absolute atomic E-state index is 13.9. The van der Waals surface area contributed by atoms with E-state index in [9.17, 15) is 4.39 Å². The minimum Gasteiger partial charge on any atom is -0.309 e. The Morgan fingerprint density at radius 2 is 1.94 bits per heavy atom. The van der Waals surface area contributed by atoms with Crippen molar-refractivity contribution < 1.29 is 4.39 Å². The van der Waals surface area contributed by atoms with Gasteiger partial charge in [-0.2, -0.15) is 0 Å². The Morgan fingerprint density at radius 1 is 1.29 bits per heavy atom. The van der Waals surface area contributed by atoms with Gasteiger partial charge in [-0.1, -0.05) is 45.4 Å². The third kappa shape index (κ3) is 3.81. The number of hydrogen-bond acceptors (Lipinski definition) is 1. The molecule has 0 aromatic heterocycles. The Labute approximate surface area is 104 Å². The van der Waals surface area contributed by atoms with Crippen molar-refractivity contribution >= 4 is 0 Å². The molecule has 0 fully saturated rings. The average Bonchev–Trinajstić information content (AvgIpc) is 2.21. The van der Waals surface area contributed by atoms with Gasteiger partial charge in [-0.3, -0.25) is 0 Å². The molecule has 1 nitrogen and oxygen atoms in total. The number of rotatable bonds is 4. The van der Waals surface area contributed by atoms with Gasteiger partial charge in [0, 0.05) is 11.6 Å². The van der Waals surface area contributed by atoms with Crippen molar-refractivity contribution in [2.24, 2.45) is 5.41 Å². The molecule has 1 aromatic carbocycles. The van der Waals surface area contributed by atoms with Crippen LogP contribution >= 0.6 is 0 Å². The monoisotopic (exact) mass is 237 g/mol. The highest BCUT2D eigenvalue weighted by Gasteiger charge is 2.27. The van der Waals surface area contributed by atoms with E-state index in [2.05, 4.69) is 33.0 Å². The molecule has 0 amide bonds. The zero-order chi connectivity index (χ0) is 13.1. The fourth-order valence-electron chi connectivity index (χ4n) is 2.06. The molecule has 2 heteroatoms. The molecule has 0 aliphatic carbocycles. The fraction of sp³-hybridized carbons (Fsp3) is 0.600. The first kappa shape index (κ1) is 14.2. The summed E-state index contributed by atoms with van der Waals surface area (Å²) in [7, 11) is 0.